The topological polar surface area (TPSA) is 85.2 Å². The quantitative estimate of drug-likeness (QED) is 0.0431. The van der Waals surface area contributed by atoms with Gasteiger partial charge in [-0.05, 0) is 81.6 Å². The molecule has 6 heteroatoms. The van der Waals surface area contributed by atoms with Gasteiger partial charge in [0.1, 0.15) is 24.7 Å². The van der Waals surface area contributed by atoms with Crippen molar-refractivity contribution in [3.63, 3.8) is 0 Å². The van der Waals surface area contributed by atoms with Gasteiger partial charge in [0, 0.05) is 6.42 Å². The zero-order valence-electron chi connectivity index (χ0n) is 28.1. The number of rotatable bonds is 20. The Morgan fingerprint density at radius 2 is 1.29 bits per heavy atom. The Balaban J connectivity index is 1.46. The number of aliphatic hydroxyl groups is 2. The number of aliphatic hydroxyl groups excluding tert-OH is 2. The van der Waals surface area contributed by atoms with Crippen LogP contribution in [0.1, 0.15) is 51.0 Å². The highest BCUT2D eigenvalue weighted by Gasteiger charge is 2.11. The zero-order valence-corrected chi connectivity index (χ0v) is 28.1. The minimum atomic E-state index is -0.619. The molecule has 0 spiro atoms. The van der Waals surface area contributed by atoms with Gasteiger partial charge < -0.3 is 24.4 Å². The number of hydrogen-bond donors (Lipinski definition) is 2. The summed E-state index contributed by atoms with van der Waals surface area (Å²) in [4.78, 5) is 11.6. The summed E-state index contributed by atoms with van der Waals surface area (Å²) in [5.41, 5.74) is 9.03. The molecule has 4 rings (SSSR count). The smallest absolute Gasteiger partial charge is 0.335 e. The van der Waals surface area contributed by atoms with Crippen LogP contribution < -0.4 is 9.47 Å². The molecule has 0 aromatic heterocycles. The third kappa shape index (κ3) is 11.0. The lowest BCUT2D eigenvalue weighted by atomic mass is 9.91. The van der Waals surface area contributed by atoms with Crippen molar-refractivity contribution in [1.82, 2.24) is 0 Å². The van der Waals surface area contributed by atoms with Gasteiger partial charge in [-0.15, -0.1) is 0 Å². The molecule has 252 valence electrons. The Morgan fingerprint density at radius 3 is 2.00 bits per heavy atom. The van der Waals surface area contributed by atoms with E-state index in [1.54, 1.807) is 0 Å². The van der Waals surface area contributed by atoms with Crippen molar-refractivity contribution in [2.24, 2.45) is 0 Å². The molecule has 4 aromatic rings. The van der Waals surface area contributed by atoms with E-state index in [2.05, 4.69) is 74.7 Å². The van der Waals surface area contributed by atoms with Gasteiger partial charge in [0.2, 0.25) is 0 Å². The van der Waals surface area contributed by atoms with E-state index in [4.69, 9.17) is 19.3 Å². The molecule has 48 heavy (non-hydrogen) atoms. The third-order valence-electron chi connectivity index (χ3n) is 8.22. The molecule has 0 aliphatic rings. The number of esters is 1. The van der Waals surface area contributed by atoms with Gasteiger partial charge in [-0.2, -0.15) is 0 Å². The maximum atomic E-state index is 11.6. The van der Waals surface area contributed by atoms with Crippen molar-refractivity contribution < 1.29 is 29.2 Å². The number of ether oxygens (including phenoxy) is 3. The number of hydrogen-bond acceptors (Lipinski definition) is 6. The van der Waals surface area contributed by atoms with Gasteiger partial charge in [-0.25, -0.2) is 4.79 Å². The fourth-order valence-electron chi connectivity index (χ4n) is 5.38. The monoisotopic (exact) mass is 648 g/mol. The second kappa shape index (κ2) is 19.2. The zero-order chi connectivity index (χ0) is 34.1. The number of aryl methyl sites for hydroxylation is 1. The molecular weight excluding hydrogens is 600 g/mol. The SMILES string of the molecule is C=C(CO)CCOc1cccc(-c2ccc(-c3ccc(-c4ccc(OCCOC(=O)C(=C)CO)cc4)cc3CCCCCCC)cc2)c1. The van der Waals surface area contributed by atoms with Crippen molar-refractivity contribution in [3.05, 3.63) is 121 Å². The van der Waals surface area contributed by atoms with E-state index in [9.17, 15) is 9.90 Å². The molecule has 2 N–H and O–H groups in total. The van der Waals surface area contributed by atoms with Crippen LogP contribution in [-0.4, -0.2) is 49.2 Å². The Morgan fingerprint density at radius 1 is 0.646 bits per heavy atom. The van der Waals surface area contributed by atoms with E-state index in [-0.39, 0.29) is 25.4 Å². The van der Waals surface area contributed by atoms with Crippen molar-refractivity contribution in [1.29, 1.82) is 0 Å². The summed E-state index contributed by atoms with van der Waals surface area (Å²) in [6, 6.07) is 31.5. The van der Waals surface area contributed by atoms with Crippen LogP contribution in [0.15, 0.2) is 115 Å². The molecule has 0 aliphatic carbocycles. The van der Waals surface area contributed by atoms with Crippen molar-refractivity contribution in [2.75, 3.05) is 33.0 Å². The Kier molecular flexibility index (Phi) is 14.5. The lowest BCUT2D eigenvalue weighted by molar-refractivity contribution is -0.140. The molecule has 0 saturated carbocycles. The van der Waals surface area contributed by atoms with Gasteiger partial charge in [0.05, 0.1) is 25.4 Å². The highest BCUT2D eigenvalue weighted by atomic mass is 16.6. The standard InChI is InChI=1S/C42H48O6/c1-4-5-6-7-8-10-38-27-37(34-17-20-39(21-18-34)47-25-26-48-42(45)32(3)30-44)19-22-41(38)35-15-13-33(14-16-35)36-11-9-12-40(28-36)46-24-23-31(2)29-43/h9,11-22,27-28,43-44H,2-8,10,23-26,29-30H2,1H3. The van der Waals surface area contributed by atoms with E-state index in [0.717, 1.165) is 46.4 Å². The van der Waals surface area contributed by atoms with Crippen LogP contribution in [-0.2, 0) is 16.0 Å². The average molecular weight is 649 g/mol. The lowest BCUT2D eigenvalue weighted by Gasteiger charge is -2.14. The number of carbonyl (C=O) groups is 1. The fourth-order valence-corrected chi connectivity index (χ4v) is 5.38. The first-order valence-electron chi connectivity index (χ1n) is 16.8. The van der Waals surface area contributed by atoms with E-state index in [1.165, 1.54) is 42.4 Å². The molecule has 4 aromatic carbocycles. The Hall–Kier alpha value is -4.65. The maximum absolute atomic E-state index is 11.6. The summed E-state index contributed by atoms with van der Waals surface area (Å²) in [5.74, 6) is 0.869. The molecule has 0 bridgehead atoms. The number of benzene rings is 4. The summed E-state index contributed by atoms with van der Waals surface area (Å²) < 4.78 is 16.7. The van der Waals surface area contributed by atoms with Crippen LogP contribution in [0, 0.1) is 0 Å². The number of unbranched alkanes of at least 4 members (excludes halogenated alkanes) is 4. The first-order chi connectivity index (χ1) is 23.4. The van der Waals surface area contributed by atoms with Gasteiger partial charge in [0.15, 0.2) is 0 Å². The van der Waals surface area contributed by atoms with Crippen LogP contribution in [0.3, 0.4) is 0 Å². The molecule has 6 nitrogen and oxygen atoms in total. The second-order valence-electron chi connectivity index (χ2n) is 11.9. The van der Waals surface area contributed by atoms with Gasteiger partial charge in [0.25, 0.3) is 0 Å². The predicted molar refractivity (Wildman–Crippen MR) is 194 cm³/mol. The van der Waals surface area contributed by atoms with Crippen molar-refractivity contribution >= 4 is 5.97 Å². The fraction of sp³-hybridized carbons (Fsp3) is 0.310. The van der Waals surface area contributed by atoms with Crippen LogP contribution >= 0.6 is 0 Å². The second-order valence-corrected chi connectivity index (χ2v) is 11.9. The lowest BCUT2D eigenvalue weighted by Crippen LogP contribution is -2.14. The van der Waals surface area contributed by atoms with Crippen molar-refractivity contribution in [3.8, 4) is 44.9 Å². The van der Waals surface area contributed by atoms with Crippen molar-refractivity contribution in [2.45, 2.75) is 51.9 Å². The predicted octanol–water partition coefficient (Wildman–Crippen LogP) is 8.99. The summed E-state index contributed by atoms with van der Waals surface area (Å²) in [6.07, 6.45) is 7.77. The van der Waals surface area contributed by atoms with Crippen LogP contribution in [0.4, 0.5) is 0 Å². The van der Waals surface area contributed by atoms with Gasteiger partial charge in [-0.3, -0.25) is 0 Å². The Bertz CT molecular complexity index is 1620. The Labute approximate surface area is 285 Å². The van der Waals surface area contributed by atoms with Crippen LogP contribution in [0.25, 0.3) is 33.4 Å². The first kappa shape index (κ1) is 36.2. The first-order valence-corrected chi connectivity index (χ1v) is 16.8. The molecule has 0 radical (unpaired) electrons. The average Bonchev–Trinajstić information content (AvgIpc) is 3.13. The summed E-state index contributed by atoms with van der Waals surface area (Å²) in [5, 5.41) is 18.2. The van der Waals surface area contributed by atoms with Crippen LogP contribution in [0.2, 0.25) is 0 Å². The molecule has 0 heterocycles. The molecule has 0 unspecified atom stereocenters. The largest absolute Gasteiger partial charge is 0.493 e. The maximum Gasteiger partial charge on any atom is 0.335 e. The highest BCUT2D eigenvalue weighted by Crippen LogP contribution is 2.33. The highest BCUT2D eigenvalue weighted by molar-refractivity contribution is 5.87. The molecule has 0 fully saturated rings. The van der Waals surface area contributed by atoms with E-state index in [1.807, 2.05) is 36.4 Å². The third-order valence-corrected chi connectivity index (χ3v) is 8.22. The molecule has 0 saturated heterocycles. The molecule has 0 aliphatic heterocycles. The molecular formula is C42H48O6. The molecule has 0 atom stereocenters. The summed E-state index contributed by atoms with van der Waals surface area (Å²) in [6.45, 7) is 9.86. The summed E-state index contributed by atoms with van der Waals surface area (Å²) >= 11 is 0. The van der Waals surface area contributed by atoms with Gasteiger partial charge >= 0.3 is 5.97 Å². The number of carbonyl (C=O) groups excluding carboxylic acids is 1. The molecule has 0 amide bonds. The van der Waals surface area contributed by atoms with Crippen LogP contribution in [0.5, 0.6) is 11.5 Å². The van der Waals surface area contributed by atoms with E-state index in [0.29, 0.717) is 18.8 Å². The summed E-state index contributed by atoms with van der Waals surface area (Å²) in [7, 11) is 0. The minimum Gasteiger partial charge on any atom is -0.493 e. The van der Waals surface area contributed by atoms with E-state index >= 15 is 0 Å². The van der Waals surface area contributed by atoms with Gasteiger partial charge in [-0.1, -0.05) is 112 Å². The normalized spacial score (nSPS) is 10.8. The van der Waals surface area contributed by atoms with E-state index < -0.39 is 12.6 Å². The minimum absolute atomic E-state index is 0.0184.